The number of hydrogen-bond donors (Lipinski definition) is 1. The quantitative estimate of drug-likeness (QED) is 0.724. The lowest BCUT2D eigenvalue weighted by molar-refractivity contribution is 0.102. The van der Waals surface area contributed by atoms with Gasteiger partial charge in [0.15, 0.2) is 11.5 Å². The SMILES string of the molecule is COc1ccc(NC(=O)c2cccc(C#N)c2)cc1OCc1ccncc1. The molecule has 0 aliphatic heterocycles. The predicted molar refractivity (Wildman–Crippen MR) is 101 cm³/mol. The average molecular weight is 359 g/mol. The molecule has 3 aromatic rings. The summed E-state index contributed by atoms with van der Waals surface area (Å²) < 4.78 is 11.2. The molecule has 1 aromatic heterocycles. The van der Waals surface area contributed by atoms with E-state index in [0.717, 1.165) is 5.56 Å². The second-order valence-electron chi connectivity index (χ2n) is 5.66. The zero-order chi connectivity index (χ0) is 19.1. The lowest BCUT2D eigenvalue weighted by Gasteiger charge is -2.13. The monoisotopic (exact) mass is 359 g/mol. The van der Waals surface area contributed by atoms with Crippen molar-refractivity contribution in [2.75, 3.05) is 12.4 Å². The summed E-state index contributed by atoms with van der Waals surface area (Å²) >= 11 is 0. The van der Waals surface area contributed by atoms with Crippen LogP contribution in [0.15, 0.2) is 67.0 Å². The minimum absolute atomic E-state index is 0.308. The molecule has 3 rings (SSSR count). The Morgan fingerprint density at radius 3 is 2.67 bits per heavy atom. The lowest BCUT2D eigenvalue weighted by Crippen LogP contribution is -2.12. The van der Waals surface area contributed by atoms with Crippen molar-refractivity contribution in [2.24, 2.45) is 0 Å². The van der Waals surface area contributed by atoms with Gasteiger partial charge in [0.1, 0.15) is 6.61 Å². The standard InChI is InChI=1S/C21H17N3O3/c1-26-19-6-5-18(12-20(19)27-14-15-7-9-23-10-8-15)24-21(25)17-4-2-3-16(11-17)13-22/h2-12H,14H2,1H3,(H,24,25). The summed E-state index contributed by atoms with van der Waals surface area (Å²) in [5.41, 5.74) is 2.37. The van der Waals surface area contributed by atoms with Crippen molar-refractivity contribution < 1.29 is 14.3 Å². The number of aromatic nitrogens is 1. The smallest absolute Gasteiger partial charge is 0.255 e. The Kier molecular flexibility index (Phi) is 5.65. The Morgan fingerprint density at radius 2 is 1.93 bits per heavy atom. The maximum absolute atomic E-state index is 12.4. The average Bonchev–Trinajstić information content (AvgIpc) is 2.73. The van der Waals surface area contributed by atoms with E-state index in [1.165, 1.54) is 0 Å². The van der Waals surface area contributed by atoms with Crippen molar-refractivity contribution in [3.63, 3.8) is 0 Å². The topological polar surface area (TPSA) is 84.2 Å². The molecule has 6 heteroatoms. The fraction of sp³-hybridized carbons (Fsp3) is 0.0952. The number of nitrogens with zero attached hydrogens (tertiary/aromatic N) is 2. The van der Waals surface area contributed by atoms with Crippen LogP contribution in [0.1, 0.15) is 21.5 Å². The summed E-state index contributed by atoms with van der Waals surface area (Å²) in [6, 6.07) is 17.4. The van der Waals surface area contributed by atoms with E-state index in [1.54, 1.807) is 62.0 Å². The van der Waals surface area contributed by atoms with Crippen LogP contribution in [0.3, 0.4) is 0 Å². The normalized spacial score (nSPS) is 9.93. The predicted octanol–water partition coefficient (Wildman–Crippen LogP) is 3.79. The number of benzene rings is 2. The molecular weight excluding hydrogens is 342 g/mol. The highest BCUT2D eigenvalue weighted by Crippen LogP contribution is 2.31. The van der Waals surface area contributed by atoms with E-state index in [9.17, 15) is 4.79 Å². The number of nitrogens with one attached hydrogen (secondary N) is 1. The molecule has 0 radical (unpaired) electrons. The third kappa shape index (κ3) is 4.61. The molecule has 1 amide bonds. The number of nitriles is 1. The van der Waals surface area contributed by atoms with Gasteiger partial charge in [-0.15, -0.1) is 0 Å². The Hall–Kier alpha value is -3.85. The van der Waals surface area contributed by atoms with Crippen LogP contribution in [-0.4, -0.2) is 18.0 Å². The molecule has 2 aromatic carbocycles. The number of ether oxygens (including phenoxy) is 2. The van der Waals surface area contributed by atoms with Crippen molar-refractivity contribution in [1.82, 2.24) is 4.98 Å². The Balaban J connectivity index is 1.76. The first kappa shape index (κ1) is 18.0. The van der Waals surface area contributed by atoms with E-state index in [2.05, 4.69) is 10.3 Å². The second-order valence-corrected chi connectivity index (χ2v) is 5.66. The molecule has 0 aliphatic rings. The van der Waals surface area contributed by atoms with Crippen molar-refractivity contribution >= 4 is 11.6 Å². The zero-order valence-corrected chi connectivity index (χ0v) is 14.7. The van der Waals surface area contributed by atoms with Gasteiger partial charge >= 0.3 is 0 Å². The molecule has 0 fully saturated rings. The van der Waals surface area contributed by atoms with Gasteiger partial charge in [-0.3, -0.25) is 9.78 Å². The van der Waals surface area contributed by atoms with E-state index >= 15 is 0 Å². The van der Waals surface area contributed by atoms with Crippen LogP contribution in [0.25, 0.3) is 0 Å². The number of carbonyl (C=O) groups excluding carboxylic acids is 1. The molecule has 0 saturated carbocycles. The molecule has 1 heterocycles. The summed E-state index contributed by atoms with van der Waals surface area (Å²) in [4.78, 5) is 16.4. The number of rotatable bonds is 6. The van der Waals surface area contributed by atoms with Gasteiger partial charge in [0.25, 0.3) is 5.91 Å². The molecule has 0 saturated heterocycles. The molecule has 0 bridgehead atoms. The van der Waals surface area contributed by atoms with Crippen molar-refractivity contribution in [1.29, 1.82) is 5.26 Å². The van der Waals surface area contributed by atoms with Crippen LogP contribution < -0.4 is 14.8 Å². The summed E-state index contributed by atoms with van der Waals surface area (Å²) in [6.45, 7) is 0.348. The molecule has 6 nitrogen and oxygen atoms in total. The minimum atomic E-state index is -0.308. The van der Waals surface area contributed by atoms with Gasteiger partial charge in [-0.05, 0) is 48.0 Å². The number of methoxy groups -OCH3 is 1. The van der Waals surface area contributed by atoms with Crippen LogP contribution in [0.2, 0.25) is 0 Å². The van der Waals surface area contributed by atoms with Crippen molar-refractivity contribution in [2.45, 2.75) is 6.61 Å². The maximum Gasteiger partial charge on any atom is 0.255 e. The fourth-order valence-electron chi connectivity index (χ4n) is 2.44. The number of carbonyl (C=O) groups is 1. The van der Waals surface area contributed by atoms with Crippen LogP contribution in [0.5, 0.6) is 11.5 Å². The van der Waals surface area contributed by atoms with Crippen LogP contribution >= 0.6 is 0 Å². The molecule has 1 N–H and O–H groups in total. The summed E-state index contributed by atoms with van der Waals surface area (Å²) in [7, 11) is 1.56. The first-order chi connectivity index (χ1) is 13.2. The number of anilines is 1. The second kappa shape index (κ2) is 8.50. The van der Waals surface area contributed by atoms with Crippen LogP contribution in [0, 0.1) is 11.3 Å². The third-order valence-electron chi connectivity index (χ3n) is 3.82. The molecule has 0 spiro atoms. The maximum atomic E-state index is 12.4. The minimum Gasteiger partial charge on any atom is -0.493 e. The van der Waals surface area contributed by atoms with E-state index in [4.69, 9.17) is 14.7 Å². The highest BCUT2D eigenvalue weighted by Gasteiger charge is 2.11. The number of pyridine rings is 1. The highest BCUT2D eigenvalue weighted by atomic mass is 16.5. The summed E-state index contributed by atoms with van der Waals surface area (Å²) in [6.07, 6.45) is 3.39. The molecule has 134 valence electrons. The summed E-state index contributed by atoms with van der Waals surface area (Å²) in [5, 5.41) is 11.8. The Bertz CT molecular complexity index is 981. The van der Waals surface area contributed by atoms with Crippen LogP contribution in [0.4, 0.5) is 5.69 Å². The van der Waals surface area contributed by atoms with Gasteiger partial charge in [-0.25, -0.2) is 0 Å². The van der Waals surface area contributed by atoms with Gasteiger partial charge in [0.2, 0.25) is 0 Å². The third-order valence-corrected chi connectivity index (χ3v) is 3.82. The van der Waals surface area contributed by atoms with Gasteiger partial charge in [-0.2, -0.15) is 5.26 Å². The van der Waals surface area contributed by atoms with Gasteiger partial charge in [0, 0.05) is 29.7 Å². The van der Waals surface area contributed by atoms with Gasteiger partial charge < -0.3 is 14.8 Å². The van der Waals surface area contributed by atoms with Crippen molar-refractivity contribution in [3.05, 3.63) is 83.7 Å². The molecule has 27 heavy (non-hydrogen) atoms. The number of amides is 1. The Morgan fingerprint density at radius 1 is 1.11 bits per heavy atom. The zero-order valence-electron chi connectivity index (χ0n) is 14.7. The molecule has 0 atom stereocenters. The van der Waals surface area contributed by atoms with E-state index in [0.29, 0.717) is 34.9 Å². The highest BCUT2D eigenvalue weighted by molar-refractivity contribution is 6.04. The van der Waals surface area contributed by atoms with Gasteiger partial charge in [0.05, 0.1) is 18.7 Å². The number of hydrogen-bond acceptors (Lipinski definition) is 5. The first-order valence-corrected chi connectivity index (χ1v) is 8.21. The molecule has 0 unspecified atom stereocenters. The summed E-state index contributed by atoms with van der Waals surface area (Å²) in [5.74, 6) is 0.767. The van der Waals surface area contributed by atoms with Crippen molar-refractivity contribution in [3.8, 4) is 17.6 Å². The molecule has 0 aliphatic carbocycles. The first-order valence-electron chi connectivity index (χ1n) is 8.21. The largest absolute Gasteiger partial charge is 0.493 e. The fourth-order valence-corrected chi connectivity index (χ4v) is 2.44. The van der Waals surface area contributed by atoms with Crippen LogP contribution in [-0.2, 0) is 6.61 Å². The lowest BCUT2D eigenvalue weighted by atomic mass is 10.1. The van der Waals surface area contributed by atoms with E-state index < -0.39 is 0 Å². The van der Waals surface area contributed by atoms with E-state index in [-0.39, 0.29) is 5.91 Å². The van der Waals surface area contributed by atoms with Gasteiger partial charge in [-0.1, -0.05) is 6.07 Å². The Labute approximate surface area is 157 Å². The molecular formula is C21H17N3O3. The van der Waals surface area contributed by atoms with E-state index in [1.807, 2.05) is 18.2 Å².